The number of hydrogen-bond acceptors (Lipinski definition) is 3. The van der Waals surface area contributed by atoms with E-state index in [-0.39, 0.29) is 0 Å². The minimum Gasteiger partial charge on any atom is -0.378 e. The van der Waals surface area contributed by atoms with Crippen molar-refractivity contribution >= 4 is 0 Å². The van der Waals surface area contributed by atoms with Crippen LogP contribution in [0.5, 0.6) is 0 Å². The van der Waals surface area contributed by atoms with Crippen LogP contribution in [-0.2, 0) is 11.2 Å². The molecule has 0 amide bonds. The van der Waals surface area contributed by atoms with Crippen LogP contribution in [0.3, 0.4) is 0 Å². The first-order chi connectivity index (χ1) is 9.15. The molecule has 0 spiro atoms. The molecular formula is C15H27N3O. The minimum atomic E-state index is 0.407. The second-order valence-electron chi connectivity index (χ2n) is 5.75. The van der Waals surface area contributed by atoms with Gasteiger partial charge in [0.05, 0.1) is 11.8 Å². The highest BCUT2D eigenvalue weighted by Gasteiger charge is 2.33. The van der Waals surface area contributed by atoms with E-state index < -0.39 is 0 Å². The van der Waals surface area contributed by atoms with Gasteiger partial charge in [0.25, 0.3) is 0 Å². The normalized spacial score (nSPS) is 25.1. The molecule has 1 N–H and O–H groups in total. The maximum absolute atomic E-state index is 5.81. The van der Waals surface area contributed by atoms with Crippen molar-refractivity contribution < 1.29 is 4.74 Å². The maximum atomic E-state index is 5.81. The van der Waals surface area contributed by atoms with Gasteiger partial charge in [-0.15, -0.1) is 0 Å². The number of ether oxygens (including phenoxy) is 1. The summed E-state index contributed by atoms with van der Waals surface area (Å²) in [7, 11) is 2.05. The summed E-state index contributed by atoms with van der Waals surface area (Å²) < 4.78 is 7.85. The van der Waals surface area contributed by atoms with Crippen molar-refractivity contribution in [2.45, 2.75) is 58.2 Å². The fourth-order valence-corrected chi connectivity index (χ4v) is 3.01. The standard InChI is InChI=1S/C15H27N3O/c1-5-15-13(7-9-19-15)14(16-4)10-12-6-8-18(17-12)11(2)3/h6,8,11,13-16H,5,7,9-10H2,1-4H3. The third-order valence-electron chi connectivity index (χ3n) is 4.17. The van der Waals surface area contributed by atoms with Gasteiger partial charge in [0.15, 0.2) is 0 Å². The minimum absolute atomic E-state index is 0.407. The van der Waals surface area contributed by atoms with E-state index in [0.29, 0.717) is 24.1 Å². The number of likely N-dealkylation sites (N-methyl/N-ethyl adjacent to an activating group) is 1. The third-order valence-corrected chi connectivity index (χ3v) is 4.17. The van der Waals surface area contributed by atoms with E-state index in [0.717, 1.165) is 25.9 Å². The summed E-state index contributed by atoms with van der Waals surface area (Å²) in [5, 5.41) is 8.12. The van der Waals surface area contributed by atoms with Crippen LogP contribution in [0.1, 0.15) is 45.3 Å². The molecule has 3 unspecified atom stereocenters. The summed E-state index contributed by atoms with van der Waals surface area (Å²) in [6.45, 7) is 7.43. The first-order valence-corrected chi connectivity index (χ1v) is 7.48. The monoisotopic (exact) mass is 265 g/mol. The fraction of sp³-hybridized carbons (Fsp3) is 0.800. The van der Waals surface area contributed by atoms with Crippen LogP contribution < -0.4 is 5.32 Å². The zero-order chi connectivity index (χ0) is 13.8. The molecule has 1 aromatic rings. The quantitative estimate of drug-likeness (QED) is 0.858. The number of rotatable bonds is 6. The van der Waals surface area contributed by atoms with Crippen molar-refractivity contribution in [2.75, 3.05) is 13.7 Å². The van der Waals surface area contributed by atoms with Gasteiger partial charge in [-0.1, -0.05) is 6.92 Å². The Balaban J connectivity index is 2.01. The Morgan fingerprint density at radius 2 is 2.32 bits per heavy atom. The van der Waals surface area contributed by atoms with Crippen LogP contribution in [0.15, 0.2) is 12.3 Å². The molecular weight excluding hydrogens is 238 g/mol. The molecule has 108 valence electrons. The zero-order valence-corrected chi connectivity index (χ0v) is 12.6. The van der Waals surface area contributed by atoms with Gasteiger partial charge < -0.3 is 10.1 Å². The van der Waals surface area contributed by atoms with E-state index in [9.17, 15) is 0 Å². The Morgan fingerprint density at radius 1 is 1.53 bits per heavy atom. The summed E-state index contributed by atoms with van der Waals surface area (Å²) in [5.41, 5.74) is 1.18. The average Bonchev–Trinajstić information content (AvgIpc) is 3.04. The van der Waals surface area contributed by atoms with Crippen LogP contribution >= 0.6 is 0 Å². The SMILES string of the molecule is CCC1OCCC1C(Cc1ccn(C(C)C)n1)NC. The third kappa shape index (κ3) is 3.37. The Hall–Kier alpha value is -0.870. The predicted octanol–water partition coefficient (Wildman–Crippen LogP) is 2.41. The van der Waals surface area contributed by atoms with Gasteiger partial charge in [-0.2, -0.15) is 5.10 Å². The molecule has 0 saturated carbocycles. The number of nitrogens with zero attached hydrogens (tertiary/aromatic N) is 2. The molecule has 0 radical (unpaired) electrons. The summed E-state index contributed by atoms with van der Waals surface area (Å²) in [6, 6.07) is 3.03. The van der Waals surface area contributed by atoms with Gasteiger partial charge in [0.1, 0.15) is 0 Å². The average molecular weight is 265 g/mol. The summed E-state index contributed by atoms with van der Waals surface area (Å²) in [4.78, 5) is 0. The first-order valence-electron chi connectivity index (χ1n) is 7.48. The van der Waals surface area contributed by atoms with Gasteiger partial charge >= 0.3 is 0 Å². The Kier molecular flexibility index (Phi) is 4.99. The molecule has 1 aliphatic rings. The lowest BCUT2D eigenvalue weighted by Crippen LogP contribution is -2.39. The van der Waals surface area contributed by atoms with Crippen LogP contribution in [0.4, 0.5) is 0 Å². The lowest BCUT2D eigenvalue weighted by Gasteiger charge is -2.26. The predicted molar refractivity (Wildman–Crippen MR) is 77.3 cm³/mol. The smallest absolute Gasteiger partial charge is 0.0640 e. The largest absolute Gasteiger partial charge is 0.378 e. The van der Waals surface area contributed by atoms with Gasteiger partial charge in [0.2, 0.25) is 0 Å². The van der Waals surface area contributed by atoms with Crippen LogP contribution in [-0.4, -0.2) is 35.6 Å². The summed E-state index contributed by atoms with van der Waals surface area (Å²) in [6.07, 6.45) is 5.73. The van der Waals surface area contributed by atoms with Crippen LogP contribution in [0, 0.1) is 5.92 Å². The van der Waals surface area contributed by atoms with E-state index in [2.05, 4.69) is 50.5 Å². The van der Waals surface area contributed by atoms with Crippen molar-refractivity contribution in [1.29, 1.82) is 0 Å². The summed E-state index contributed by atoms with van der Waals surface area (Å²) in [5.74, 6) is 0.610. The zero-order valence-electron chi connectivity index (χ0n) is 12.6. The molecule has 0 aliphatic carbocycles. The summed E-state index contributed by atoms with van der Waals surface area (Å²) >= 11 is 0. The van der Waals surface area contributed by atoms with Gasteiger partial charge in [0, 0.05) is 37.2 Å². The Bertz CT molecular complexity index is 388. The fourth-order valence-electron chi connectivity index (χ4n) is 3.01. The molecule has 2 heterocycles. The Morgan fingerprint density at radius 3 is 2.89 bits per heavy atom. The van der Waals surface area contributed by atoms with Crippen molar-refractivity contribution in [3.8, 4) is 0 Å². The second-order valence-corrected chi connectivity index (χ2v) is 5.75. The lowest BCUT2D eigenvalue weighted by atomic mass is 9.88. The molecule has 2 rings (SSSR count). The van der Waals surface area contributed by atoms with Crippen LogP contribution in [0.25, 0.3) is 0 Å². The van der Waals surface area contributed by atoms with E-state index in [1.54, 1.807) is 0 Å². The highest BCUT2D eigenvalue weighted by atomic mass is 16.5. The molecule has 1 aromatic heterocycles. The molecule has 1 fully saturated rings. The van der Waals surface area contributed by atoms with Crippen molar-refractivity contribution in [1.82, 2.24) is 15.1 Å². The van der Waals surface area contributed by atoms with E-state index >= 15 is 0 Å². The van der Waals surface area contributed by atoms with Gasteiger partial charge in [-0.05, 0) is 39.8 Å². The number of nitrogens with one attached hydrogen (secondary N) is 1. The van der Waals surface area contributed by atoms with Crippen molar-refractivity contribution in [3.05, 3.63) is 18.0 Å². The van der Waals surface area contributed by atoms with E-state index in [1.165, 1.54) is 5.69 Å². The van der Waals surface area contributed by atoms with Gasteiger partial charge in [-0.3, -0.25) is 4.68 Å². The second kappa shape index (κ2) is 6.53. The molecule has 19 heavy (non-hydrogen) atoms. The maximum Gasteiger partial charge on any atom is 0.0640 e. The first kappa shape index (κ1) is 14.5. The number of aromatic nitrogens is 2. The highest BCUT2D eigenvalue weighted by Crippen LogP contribution is 2.28. The lowest BCUT2D eigenvalue weighted by molar-refractivity contribution is 0.0782. The Labute approximate surface area is 116 Å². The van der Waals surface area contributed by atoms with Gasteiger partial charge in [-0.25, -0.2) is 0 Å². The van der Waals surface area contributed by atoms with Crippen molar-refractivity contribution in [3.63, 3.8) is 0 Å². The highest BCUT2D eigenvalue weighted by molar-refractivity contribution is 5.04. The van der Waals surface area contributed by atoms with Crippen molar-refractivity contribution in [2.24, 2.45) is 5.92 Å². The number of hydrogen-bond donors (Lipinski definition) is 1. The van der Waals surface area contributed by atoms with Crippen LogP contribution in [0.2, 0.25) is 0 Å². The van der Waals surface area contributed by atoms with E-state index in [1.807, 2.05) is 4.68 Å². The molecule has 4 heteroatoms. The van der Waals surface area contributed by atoms with E-state index in [4.69, 9.17) is 4.74 Å². The topological polar surface area (TPSA) is 39.1 Å². The molecule has 1 aliphatic heterocycles. The molecule has 3 atom stereocenters. The molecule has 4 nitrogen and oxygen atoms in total. The molecule has 1 saturated heterocycles. The molecule has 0 bridgehead atoms. The molecule has 0 aromatic carbocycles.